The van der Waals surface area contributed by atoms with E-state index in [0.717, 1.165) is 110 Å². The highest BCUT2D eigenvalue weighted by atomic mass is 16.6. The number of carbonyl (C=O) groups is 3. The number of quaternary nitrogens is 1. The fraction of sp³-hybridized carbons (Fsp3) is 0.868. The van der Waals surface area contributed by atoms with Crippen LogP contribution in [0.25, 0.3) is 0 Å². The first-order valence-corrected chi connectivity index (χ1v) is 26.6. The van der Waals surface area contributed by atoms with Crippen LogP contribution in [0.15, 0.2) is 24.3 Å². The summed E-state index contributed by atoms with van der Waals surface area (Å²) >= 11 is 0. The molecule has 0 aromatic rings. The van der Waals surface area contributed by atoms with Crippen LogP contribution < -0.4 is 21.7 Å². The molecular weight excluding hydrogens is 787 g/mol. The van der Waals surface area contributed by atoms with Crippen LogP contribution in [-0.2, 0) is 23.9 Å². The minimum atomic E-state index is -0.610. The van der Waals surface area contributed by atoms with E-state index in [-0.39, 0.29) is 31.0 Å². The number of nitrogens with zero attached hydrogens (tertiary/aromatic N) is 1. The summed E-state index contributed by atoms with van der Waals surface area (Å²) in [6.45, 7) is 10.3. The number of hydrogen-bond donors (Lipinski definition) is 4. The molecule has 0 saturated carbocycles. The summed E-state index contributed by atoms with van der Waals surface area (Å²) < 4.78 is 12.0. The lowest BCUT2D eigenvalue weighted by Crippen LogP contribution is -2.52. The molecule has 0 saturated heterocycles. The second-order valence-corrected chi connectivity index (χ2v) is 18.8. The number of hydrogen-bond acceptors (Lipinski definition) is 8. The van der Waals surface area contributed by atoms with Crippen LogP contribution >= 0.6 is 0 Å². The molecule has 0 heterocycles. The van der Waals surface area contributed by atoms with E-state index in [1.54, 1.807) is 0 Å². The average molecular weight is 891 g/mol. The maximum absolute atomic E-state index is 13.0. The molecule has 10 nitrogen and oxygen atoms in total. The number of rotatable bonds is 49. The molecule has 1 amide bonds. The molecule has 370 valence electrons. The van der Waals surface area contributed by atoms with E-state index in [2.05, 4.69) is 54.1 Å². The Kier molecular flexibility index (Phi) is 46.0. The van der Waals surface area contributed by atoms with Crippen LogP contribution in [0, 0.1) is 0 Å². The van der Waals surface area contributed by atoms with Gasteiger partial charge in [0.1, 0.15) is 13.2 Å². The van der Waals surface area contributed by atoms with Gasteiger partial charge in [0.15, 0.2) is 12.6 Å². The van der Waals surface area contributed by atoms with Gasteiger partial charge in [-0.2, -0.15) is 0 Å². The molecule has 0 bridgehead atoms. The molecule has 0 aromatic carbocycles. The number of amides is 1. The van der Waals surface area contributed by atoms with Crippen molar-refractivity contribution in [3.8, 4) is 0 Å². The van der Waals surface area contributed by atoms with Crippen molar-refractivity contribution < 1.29 is 28.3 Å². The number of likely N-dealkylation sites (N-methyl/N-ethyl adjacent to an activating group) is 1. The maximum Gasteiger partial charge on any atom is 0.306 e. The Morgan fingerprint density at radius 2 is 0.921 bits per heavy atom. The molecule has 5 N–H and O–H groups in total. The molecule has 10 heteroatoms. The zero-order valence-corrected chi connectivity index (χ0v) is 41.9. The molecule has 0 aliphatic rings. The molecule has 0 fully saturated rings. The van der Waals surface area contributed by atoms with Crippen molar-refractivity contribution in [2.24, 2.45) is 5.73 Å². The molecule has 0 aromatic heterocycles. The third-order valence-electron chi connectivity index (χ3n) is 11.7. The van der Waals surface area contributed by atoms with E-state index >= 15 is 0 Å². The van der Waals surface area contributed by atoms with Crippen LogP contribution in [0.3, 0.4) is 0 Å². The highest BCUT2D eigenvalue weighted by molar-refractivity contribution is 5.77. The van der Waals surface area contributed by atoms with Gasteiger partial charge in [0, 0.05) is 19.4 Å². The molecule has 0 radical (unpaired) electrons. The molecule has 63 heavy (non-hydrogen) atoms. The first-order chi connectivity index (χ1) is 30.7. The Balaban J connectivity index is 4.60. The Labute approximate surface area is 389 Å². The summed E-state index contributed by atoms with van der Waals surface area (Å²) in [5.41, 5.74) is 5.53. The topological polar surface area (TPSA) is 132 Å². The predicted molar refractivity (Wildman–Crippen MR) is 268 cm³/mol. The largest absolute Gasteiger partial charge is 0.461 e. The summed E-state index contributed by atoms with van der Waals surface area (Å²) in [6, 6.07) is 0. The van der Waals surface area contributed by atoms with E-state index < -0.39 is 6.10 Å². The number of nitrogens with one attached hydrogen (secondary N) is 3. The van der Waals surface area contributed by atoms with Gasteiger partial charge in [-0.15, -0.1) is 0 Å². The predicted octanol–water partition coefficient (Wildman–Crippen LogP) is 11.4. The summed E-state index contributed by atoms with van der Waals surface area (Å²) in [7, 11) is 3.92. The molecule has 0 spiro atoms. The minimum Gasteiger partial charge on any atom is -0.461 e. The Morgan fingerprint density at radius 1 is 0.508 bits per heavy atom. The van der Waals surface area contributed by atoms with Gasteiger partial charge in [0.05, 0.1) is 14.1 Å². The fourth-order valence-corrected chi connectivity index (χ4v) is 7.79. The first-order valence-electron chi connectivity index (χ1n) is 26.6. The van der Waals surface area contributed by atoms with Gasteiger partial charge in [0.25, 0.3) is 5.91 Å². The summed E-state index contributed by atoms with van der Waals surface area (Å²) in [4.78, 5) is 38.7. The summed E-state index contributed by atoms with van der Waals surface area (Å²) in [5.74, 6) is -0.546. The van der Waals surface area contributed by atoms with Crippen molar-refractivity contribution in [1.29, 1.82) is 0 Å². The normalized spacial score (nSPS) is 12.4. The number of esters is 2. The van der Waals surface area contributed by atoms with Crippen LogP contribution in [0.1, 0.15) is 219 Å². The SMILES string of the molecule is CCCCCCCC/C=C/CCCCCCCC(=O)OCC(C[N+](C)(C)CC(=O)NCCCNCCCCNCCCN)OC(=O)CCCCCCC/C=C/CCCCCCCC. The lowest BCUT2D eigenvalue weighted by atomic mass is 10.1. The molecule has 0 rings (SSSR count). The lowest BCUT2D eigenvalue weighted by molar-refractivity contribution is -0.885. The highest BCUT2D eigenvalue weighted by Crippen LogP contribution is 2.14. The van der Waals surface area contributed by atoms with Gasteiger partial charge in [-0.1, -0.05) is 141 Å². The lowest BCUT2D eigenvalue weighted by Gasteiger charge is -2.32. The average Bonchev–Trinajstić information content (AvgIpc) is 3.25. The zero-order chi connectivity index (χ0) is 46.2. The van der Waals surface area contributed by atoms with Gasteiger partial charge in [-0.25, -0.2) is 0 Å². The number of nitrogens with two attached hydrogens (primary N) is 1. The van der Waals surface area contributed by atoms with Crippen LogP contribution in [-0.4, -0.2) is 101 Å². The van der Waals surface area contributed by atoms with Crippen molar-refractivity contribution in [3.63, 3.8) is 0 Å². The van der Waals surface area contributed by atoms with E-state index in [1.165, 1.54) is 116 Å². The van der Waals surface area contributed by atoms with Crippen molar-refractivity contribution >= 4 is 17.8 Å². The third-order valence-corrected chi connectivity index (χ3v) is 11.7. The third kappa shape index (κ3) is 47.5. The van der Waals surface area contributed by atoms with E-state index in [4.69, 9.17) is 15.2 Å². The summed E-state index contributed by atoms with van der Waals surface area (Å²) in [6.07, 6.45) is 45.0. The van der Waals surface area contributed by atoms with Crippen LogP contribution in [0.5, 0.6) is 0 Å². The van der Waals surface area contributed by atoms with Crippen molar-refractivity contribution in [3.05, 3.63) is 24.3 Å². The second kappa shape index (κ2) is 47.7. The van der Waals surface area contributed by atoms with Gasteiger partial charge in [-0.3, -0.25) is 14.4 Å². The fourth-order valence-electron chi connectivity index (χ4n) is 7.79. The molecule has 0 aliphatic carbocycles. The van der Waals surface area contributed by atoms with Gasteiger partial charge < -0.3 is 35.6 Å². The maximum atomic E-state index is 13.0. The molecule has 1 atom stereocenters. The molecule has 1 unspecified atom stereocenters. The van der Waals surface area contributed by atoms with Crippen LogP contribution in [0.4, 0.5) is 0 Å². The Bertz CT molecular complexity index is 1080. The summed E-state index contributed by atoms with van der Waals surface area (Å²) in [5, 5.41) is 9.92. The van der Waals surface area contributed by atoms with Gasteiger partial charge in [0.2, 0.25) is 0 Å². The van der Waals surface area contributed by atoms with Gasteiger partial charge >= 0.3 is 11.9 Å². The van der Waals surface area contributed by atoms with E-state index in [0.29, 0.717) is 30.4 Å². The number of ether oxygens (including phenoxy) is 2. The second-order valence-electron chi connectivity index (χ2n) is 18.8. The smallest absolute Gasteiger partial charge is 0.306 e. The van der Waals surface area contributed by atoms with Crippen molar-refractivity contribution in [2.75, 3.05) is 73.1 Å². The Hall–Kier alpha value is -2.27. The van der Waals surface area contributed by atoms with Gasteiger partial charge in [-0.05, 0) is 123 Å². The van der Waals surface area contributed by atoms with Crippen molar-refractivity contribution in [1.82, 2.24) is 16.0 Å². The molecular formula is C53H104N5O5+. The first kappa shape index (κ1) is 60.7. The van der Waals surface area contributed by atoms with Crippen molar-refractivity contribution in [2.45, 2.75) is 225 Å². The zero-order valence-electron chi connectivity index (χ0n) is 41.9. The standard InChI is InChI=1S/C53H103N5O5/c1-5-7-9-11-13-15-17-19-21-23-25-27-29-31-33-39-52(60)62-49-50(63-53(61)40-34-32-30-28-26-24-22-20-18-16-14-12-10-8-6-2)47-58(3,4)48-51(59)57-46-38-45-56-43-36-35-42-55-44-37-41-54/h19-22,50,55-56H,5-18,23-49,54H2,1-4H3/p+1/b21-19+,22-20+. The number of unbranched alkanes of at least 4 members (excludes halogenated alkanes) is 23. The molecule has 0 aliphatic heterocycles. The number of allylic oxidation sites excluding steroid dienone is 4. The number of carbonyl (C=O) groups excluding carboxylic acids is 3. The Morgan fingerprint density at radius 3 is 1.40 bits per heavy atom. The highest BCUT2D eigenvalue weighted by Gasteiger charge is 2.29. The van der Waals surface area contributed by atoms with E-state index in [9.17, 15) is 14.4 Å². The van der Waals surface area contributed by atoms with Crippen LogP contribution in [0.2, 0.25) is 0 Å². The quantitative estimate of drug-likeness (QED) is 0.0206. The van der Waals surface area contributed by atoms with E-state index in [1.807, 2.05) is 14.1 Å². The minimum absolute atomic E-state index is 0.0146. The monoisotopic (exact) mass is 891 g/mol.